The van der Waals surface area contributed by atoms with Gasteiger partial charge in [0.15, 0.2) is 0 Å². The summed E-state index contributed by atoms with van der Waals surface area (Å²) >= 11 is 1.71. The van der Waals surface area contributed by atoms with Gasteiger partial charge in [0.1, 0.15) is 5.78 Å². The lowest BCUT2D eigenvalue weighted by Gasteiger charge is -2.34. The van der Waals surface area contributed by atoms with Crippen molar-refractivity contribution in [2.75, 3.05) is 31.3 Å². The molecule has 0 aliphatic rings. The molecule has 0 bridgehead atoms. The van der Waals surface area contributed by atoms with Gasteiger partial charge in [-0.3, -0.25) is 4.79 Å². The normalized spacial score (nSPS) is 13.2. The van der Waals surface area contributed by atoms with Gasteiger partial charge in [-0.05, 0) is 39.4 Å². The van der Waals surface area contributed by atoms with Crippen molar-refractivity contribution in [3.63, 3.8) is 0 Å². The Kier molecular flexibility index (Phi) is 16.4. The zero-order valence-electron chi connectivity index (χ0n) is 17.1. The number of hydrogen-bond donors (Lipinski definition) is 0. The van der Waals surface area contributed by atoms with E-state index in [9.17, 15) is 4.79 Å². The first kappa shape index (κ1) is 25.1. The van der Waals surface area contributed by atoms with Crippen LogP contribution in [0.15, 0.2) is 0 Å². The molecule has 150 valence electrons. The fourth-order valence-electron chi connectivity index (χ4n) is 2.93. The van der Waals surface area contributed by atoms with E-state index in [4.69, 9.17) is 13.3 Å². The van der Waals surface area contributed by atoms with Crippen molar-refractivity contribution < 1.29 is 18.1 Å². The maximum atomic E-state index is 13.0. The van der Waals surface area contributed by atoms with Crippen molar-refractivity contribution in [2.24, 2.45) is 0 Å². The van der Waals surface area contributed by atoms with Gasteiger partial charge in [0, 0.05) is 19.8 Å². The van der Waals surface area contributed by atoms with E-state index >= 15 is 0 Å². The molecule has 0 N–H and O–H groups in total. The molecule has 1 unspecified atom stereocenters. The maximum absolute atomic E-state index is 13.0. The average molecular weight is 393 g/mol. The van der Waals surface area contributed by atoms with E-state index in [-0.39, 0.29) is 11.3 Å². The Balaban J connectivity index is 5.12. The van der Waals surface area contributed by atoms with Gasteiger partial charge in [0.25, 0.3) is 0 Å². The van der Waals surface area contributed by atoms with E-state index in [2.05, 4.69) is 13.8 Å². The number of hydrogen-bond acceptors (Lipinski definition) is 5. The summed E-state index contributed by atoms with van der Waals surface area (Å²) in [6.07, 6.45) is 7.83. The Hall–Kier alpha value is 0.117. The van der Waals surface area contributed by atoms with Crippen LogP contribution in [0, 0.1) is 0 Å². The van der Waals surface area contributed by atoms with E-state index in [0.717, 1.165) is 31.4 Å². The van der Waals surface area contributed by atoms with Crippen LogP contribution in [0.2, 0.25) is 5.54 Å². The van der Waals surface area contributed by atoms with Gasteiger partial charge in [-0.2, -0.15) is 11.8 Å². The minimum Gasteiger partial charge on any atom is -0.373 e. The molecular formula is C19H40O4SSi. The summed E-state index contributed by atoms with van der Waals surface area (Å²) in [5.41, 5.74) is -0.224. The molecule has 25 heavy (non-hydrogen) atoms. The summed E-state index contributed by atoms with van der Waals surface area (Å²) in [5, 5.41) is 0. The van der Waals surface area contributed by atoms with Gasteiger partial charge in [0.2, 0.25) is 0 Å². The van der Waals surface area contributed by atoms with Crippen molar-refractivity contribution in [1.29, 1.82) is 0 Å². The molecule has 6 heteroatoms. The lowest BCUT2D eigenvalue weighted by Crippen LogP contribution is -2.53. The average Bonchev–Trinajstić information content (AvgIpc) is 2.58. The lowest BCUT2D eigenvalue weighted by atomic mass is 10.1. The lowest BCUT2D eigenvalue weighted by molar-refractivity contribution is -0.118. The highest BCUT2D eigenvalue weighted by Crippen LogP contribution is 2.33. The van der Waals surface area contributed by atoms with Gasteiger partial charge in [-0.1, -0.05) is 46.0 Å². The zero-order valence-corrected chi connectivity index (χ0v) is 18.9. The predicted molar refractivity (Wildman–Crippen MR) is 110 cm³/mol. The summed E-state index contributed by atoms with van der Waals surface area (Å²) in [4.78, 5) is 13.0. The second-order valence-corrected chi connectivity index (χ2v) is 10.1. The van der Waals surface area contributed by atoms with Crippen LogP contribution in [-0.4, -0.2) is 45.9 Å². The monoisotopic (exact) mass is 392 g/mol. The molecule has 1 atom stereocenters. The second-order valence-electron chi connectivity index (χ2n) is 6.18. The Morgan fingerprint density at radius 2 is 1.40 bits per heavy atom. The topological polar surface area (TPSA) is 44.8 Å². The number of carbonyl (C=O) groups excluding carboxylic acids is 1. The smallest absolute Gasteiger partial charge is 0.373 e. The Bertz CT molecular complexity index is 312. The highest BCUT2D eigenvalue weighted by molar-refractivity contribution is 7.99. The third-order valence-electron chi connectivity index (χ3n) is 4.04. The molecule has 0 saturated heterocycles. The first-order chi connectivity index (χ1) is 12.1. The Morgan fingerprint density at radius 1 is 0.840 bits per heavy atom. The highest BCUT2D eigenvalue weighted by Gasteiger charge is 2.52. The third-order valence-corrected chi connectivity index (χ3v) is 8.76. The fourth-order valence-corrected chi connectivity index (χ4v) is 7.03. The fraction of sp³-hybridized carbons (Fsp3) is 0.947. The van der Waals surface area contributed by atoms with Crippen LogP contribution >= 0.6 is 11.8 Å². The van der Waals surface area contributed by atoms with Crippen molar-refractivity contribution >= 4 is 26.3 Å². The molecule has 0 saturated carbocycles. The number of thioether (sulfide) groups is 1. The standard InChI is InChI=1S/C19H40O4SSi/c1-6-11-12-13-14-15-19(18(20)17-24-16-7-2)25(21-8-3,22-9-4)23-10-5/h19H,6-17H2,1-5H3. The molecule has 0 radical (unpaired) electrons. The molecule has 0 aromatic carbocycles. The van der Waals surface area contributed by atoms with Gasteiger partial charge in [-0.25, -0.2) is 0 Å². The summed E-state index contributed by atoms with van der Waals surface area (Å²) in [7, 11) is -2.98. The first-order valence-corrected chi connectivity index (χ1v) is 13.1. The van der Waals surface area contributed by atoms with Crippen LogP contribution < -0.4 is 0 Å². The molecule has 0 heterocycles. The van der Waals surface area contributed by atoms with Crippen LogP contribution in [0.4, 0.5) is 0 Å². The number of rotatable bonds is 18. The molecule has 4 nitrogen and oxygen atoms in total. The zero-order chi connectivity index (χ0) is 19.0. The molecule has 0 fully saturated rings. The van der Waals surface area contributed by atoms with Crippen molar-refractivity contribution in [3.8, 4) is 0 Å². The van der Waals surface area contributed by atoms with Gasteiger partial charge < -0.3 is 13.3 Å². The molecular weight excluding hydrogens is 352 g/mol. The quantitative estimate of drug-likeness (QED) is 0.228. The summed E-state index contributed by atoms with van der Waals surface area (Å²) < 4.78 is 18.1. The molecule has 0 aromatic heterocycles. The first-order valence-electron chi connectivity index (χ1n) is 10.1. The van der Waals surface area contributed by atoms with E-state index < -0.39 is 8.80 Å². The van der Waals surface area contributed by atoms with Crippen LogP contribution in [-0.2, 0) is 18.1 Å². The minimum absolute atomic E-state index is 0.224. The Labute approximate surface area is 161 Å². The van der Waals surface area contributed by atoms with Crippen LogP contribution in [0.25, 0.3) is 0 Å². The van der Waals surface area contributed by atoms with Gasteiger partial charge in [0.05, 0.1) is 11.3 Å². The van der Waals surface area contributed by atoms with Gasteiger partial charge >= 0.3 is 8.80 Å². The number of carbonyl (C=O) groups is 1. The predicted octanol–water partition coefficient (Wildman–Crippen LogP) is 5.48. The Morgan fingerprint density at radius 3 is 1.88 bits per heavy atom. The second kappa shape index (κ2) is 16.3. The molecule has 0 aliphatic carbocycles. The SMILES string of the molecule is CCCCCCCC(C(=O)CSCCC)[Si](OCC)(OCC)OCC. The van der Waals surface area contributed by atoms with Crippen molar-refractivity contribution in [3.05, 3.63) is 0 Å². The minimum atomic E-state index is -2.98. The molecule has 0 aromatic rings. The summed E-state index contributed by atoms with van der Waals surface area (Å²) in [6.45, 7) is 11.8. The van der Waals surface area contributed by atoms with Gasteiger partial charge in [-0.15, -0.1) is 0 Å². The summed E-state index contributed by atoms with van der Waals surface area (Å²) in [6, 6.07) is 0. The largest absolute Gasteiger partial charge is 0.511 e. The number of ketones is 1. The summed E-state index contributed by atoms with van der Waals surface area (Å²) in [5.74, 6) is 1.80. The molecule has 0 spiro atoms. The number of unbranched alkanes of at least 4 members (excludes halogenated alkanes) is 4. The van der Waals surface area contributed by atoms with E-state index in [1.54, 1.807) is 11.8 Å². The van der Waals surface area contributed by atoms with Crippen LogP contribution in [0.1, 0.15) is 79.6 Å². The van der Waals surface area contributed by atoms with Crippen molar-refractivity contribution in [2.45, 2.75) is 85.1 Å². The van der Waals surface area contributed by atoms with Crippen LogP contribution in [0.5, 0.6) is 0 Å². The third kappa shape index (κ3) is 10.1. The van der Waals surface area contributed by atoms with Crippen molar-refractivity contribution in [1.82, 2.24) is 0 Å². The van der Waals surface area contributed by atoms with E-state index in [0.29, 0.717) is 25.6 Å². The van der Waals surface area contributed by atoms with E-state index in [1.807, 2.05) is 20.8 Å². The molecule has 0 aliphatic heterocycles. The van der Waals surface area contributed by atoms with Crippen LogP contribution in [0.3, 0.4) is 0 Å². The molecule has 0 rings (SSSR count). The highest BCUT2D eigenvalue weighted by atomic mass is 32.2. The number of Topliss-reactive ketones (excluding diaryl/α,β-unsaturated/α-hetero) is 1. The van der Waals surface area contributed by atoms with E-state index in [1.165, 1.54) is 19.3 Å². The molecule has 0 amide bonds. The maximum Gasteiger partial charge on any atom is 0.511 e.